The van der Waals surface area contributed by atoms with E-state index in [4.69, 9.17) is 4.74 Å². The number of anilines is 1. The molecule has 0 radical (unpaired) electrons. The molecule has 0 aliphatic heterocycles. The first-order valence-corrected chi connectivity index (χ1v) is 8.05. The van der Waals surface area contributed by atoms with Crippen molar-refractivity contribution in [2.45, 2.75) is 39.8 Å². The Bertz CT molecular complexity index is 507. The molecule has 0 spiro atoms. The molecule has 110 valence electrons. The number of nitrogens with one attached hydrogen (secondary N) is 1. The molecule has 0 amide bonds. The SMILES string of the molecule is CCOCCCn1cc(C)nc1NC(C)c1ccsc1. The lowest BCUT2D eigenvalue weighted by Crippen LogP contribution is -2.12. The molecule has 0 aliphatic rings. The van der Waals surface area contributed by atoms with Gasteiger partial charge in [0.25, 0.3) is 0 Å². The quantitative estimate of drug-likeness (QED) is 0.751. The van der Waals surface area contributed by atoms with Gasteiger partial charge in [0.15, 0.2) is 0 Å². The zero-order chi connectivity index (χ0) is 14.4. The second kappa shape index (κ2) is 7.45. The number of thiophene rings is 1. The highest BCUT2D eigenvalue weighted by atomic mass is 32.1. The van der Waals surface area contributed by atoms with Crippen molar-refractivity contribution in [3.8, 4) is 0 Å². The number of nitrogens with zero attached hydrogens (tertiary/aromatic N) is 2. The molecule has 0 aromatic carbocycles. The van der Waals surface area contributed by atoms with Crippen LogP contribution < -0.4 is 5.32 Å². The predicted molar refractivity (Wildman–Crippen MR) is 84.4 cm³/mol. The van der Waals surface area contributed by atoms with Gasteiger partial charge in [-0.2, -0.15) is 11.3 Å². The van der Waals surface area contributed by atoms with Crippen molar-refractivity contribution < 1.29 is 4.74 Å². The molecular weight excluding hydrogens is 270 g/mol. The lowest BCUT2D eigenvalue weighted by Gasteiger charge is -2.15. The van der Waals surface area contributed by atoms with Crippen LogP contribution in [0.4, 0.5) is 5.95 Å². The van der Waals surface area contributed by atoms with Gasteiger partial charge in [-0.3, -0.25) is 0 Å². The molecule has 1 unspecified atom stereocenters. The Morgan fingerprint density at radius 3 is 3.05 bits per heavy atom. The van der Waals surface area contributed by atoms with Crippen molar-refractivity contribution in [3.05, 3.63) is 34.3 Å². The van der Waals surface area contributed by atoms with E-state index in [0.717, 1.165) is 37.8 Å². The smallest absolute Gasteiger partial charge is 0.203 e. The van der Waals surface area contributed by atoms with Crippen LogP contribution in [0.3, 0.4) is 0 Å². The number of hydrogen-bond acceptors (Lipinski definition) is 4. The largest absolute Gasteiger partial charge is 0.382 e. The number of rotatable bonds is 8. The Balaban J connectivity index is 1.96. The van der Waals surface area contributed by atoms with Gasteiger partial charge >= 0.3 is 0 Å². The molecule has 0 fully saturated rings. The van der Waals surface area contributed by atoms with E-state index in [1.54, 1.807) is 11.3 Å². The van der Waals surface area contributed by atoms with Gasteiger partial charge in [0.2, 0.25) is 5.95 Å². The summed E-state index contributed by atoms with van der Waals surface area (Å²) in [6.07, 6.45) is 3.10. The standard InChI is InChI=1S/C15H23N3OS/c1-4-19-8-5-7-18-10-12(2)16-15(18)17-13(3)14-6-9-20-11-14/h6,9-11,13H,4-5,7-8H2,1-3H3,(H,16,17). The van der Waals surface area contributed by atoms with Crippen LogP contribution in [0.25, 0.3) is 0 Å². The summed E-state index contributed by atoms with van der Waals surface area (Å²) in [7, 11) is 0. The second-order valence-corrected chi connectivity index (χ2v) is 5.65. The van der Waals surface area contributed by atoms with Crippen LogP contribution in [0.5, 0.6) is 0 Å². The van der Waals surface area contributed by atoms with Crippen molar-refractivity contribution in [2.24, 2.45) is 0 Å². The van der Waals surface area contributed by atoms with Gasteiger partial charge in [-0.05, 0) is 49.6 Å². The van der Waals surface area contributed by atoms with Crippen LogP contribution in [0.2, 0.25) is 0 Å². The first-order valence-electron chi connectivity index (χ1n) is 7.11. The van der Waals surface area contributed by atoms with Crippen LogP contribution in [-0.2, 0) is 11.3 Å². The third-order valence-corrected chi connectivity index (χ3v) is 3.88. The normalized spacial score (nSPS) is 12.6. The fourth-order valence-corrected chi connectivity index (χ4v) is 2.87. The van der Waals surface area contributed by atoms with Gasteiger partial charge in [0, 0.05) is 26.0 Å². The van der Waals surface area contributed by atoms with E-state index in [0.29, 0.717) is 0 Å². The third kappa shape index (κ3) is 4.08. The number of ether oxygens (including phenoxy) is 1. The van der Waals surface area contributed by atoms with Crippen LogP contribution in [0.1, 0.15) is 37.6 Å². The van der Waals surface area contributed by atoms with Crippen molar-refractivity contribution in [2.75, 3.05) is 18.5 Å². The molecule has 20 heavy (non-hydrogen) atoms. The van der Waals surface area contributed by atoms with Crippen molar-refractivity contribution in [1.82, 2.24) is 9.55 Å². The molecule has 2 aromatic rings. The van der Waals surface area contributed by atoms with E-state index in [-0.39, 0.29) is 6.04 Å². The zero-order valence-electron chi connectivity index (χ0n) is 12.4. The van der Waals surface area contributed by atoms with Crippen LogP contribution >= 0.6 is 11.3 Å². The summed E-state index contributed by atoms with van der Waals surface area (Å²) in [5.41, 5.74) is 2.35. The summed E-state index contributed by atoms with van der Waals surface area (Å²) in [6, 6.07) is 2.42. The average Bonchev–Trinajstić information content (AvgIpc) is 3.05. The maximum atomic E-state index is 5.39. The van der Waals surface area contributed by atoms with E-state index >= 15 is 0 Å². The molecule has 5 heteroatoms. The molecule has 1 N–H and O–H groups in total. The molecule has 0 saturated heterocycles. The number of aromatic nitrogens is 2. The third-order valence-electron chi connectivity index (χ3n) is 3.18. The van der Waals surface area contributed by atoms with Gasteiger partial charge in [-0.15, -0.1) is 0 Å². The lowest BCUT2D eigenvalue weighted by molar-refractivity contribution is 0.142. The molecule has 2 heterocycles. The zero-order valence-corrected chi connectivity index (χ0v) is 13.2. The summed E-state index contributed by atoms with van der Waals surface area (Å²) in [6.45, 7) is 8.73. The number of aryl methyl sites for hydroxylation is 2. The fraction of sp³-hybridized carbons (Fsp3) is 0.533. The van der Waals surface area contributed by atoms with Gasteiger partial charge in [-0.1, -0.05) is 0 Å². The molecule has 2 rings (SSSR count). The summed E-state index contributed by atoms with van der Waals surface area (Å²) in [4.78, 5) is 4.57. The minimum absolute atomic E-state index is 0.272. The molecule has 0 saturated carbocycles. The number of hydrogen-bond donors (Lipinski definition) is 1. The highest BCUT2D eigenvalue weighted by Crippen LogP contribution is 2.21. The van der Waals surface area contributed by atoms with Gasteiger partial charge in [-0.25, -0.2) is 4.98 Å². The Labute approximate surface area is 124 Å². The number of imidazole rings is 1. The van der Waals surface area contributed by atoms with Crippen molar-refractivity contribution in [3.63, 3.8) is 0 Å². The summed E-state index contributed by atoms with van der Waals surface area (Å²) in [5.74, 6) is 0.942. The van der Waals surface area contributed by atoms with Crippen LogP contribution in [0, 0.1) is 6.92 Å². The summed E-state index contributed by atoms with van der Waals surface area (Å²) < 4.78 is 7.57. The Hall–Kier alpha value is -1.33. The monoisotopic (exact) mass is 293 g/mol. The van der Waals surface area contributed by atoms with Crippen molar-refractivity contribution in [1.29, 1.82) is 0 Å². The van der Waals surface area contributed by atoms with Crippen LogP contribution in [-0.4, -0.2) is 22.8 Å². The lowest BCUT2D eigenvalue weighted by atomic mass is 10.2. The molecular formula is C15H23N3OS. The van der Waals surface area contributed by atoms with E-state index in [1.807, 2.05) is 13.8 Å². The summed E-state index contributed by atoms with van der Waals surface area (Å²) >= 11 is 1.72. The first kappa shape index (κ1) is 15.1. The van der Waals surface area contributed by atoms with Gasteiger partial charge in [0.05, 0.1) is 11.7 Å². The van der Waals surface area contributed by atoms with Crippen molar-refractivity contribution >= 4 is 17.3 Å². The molecule has 0 bridgehead atoms. The van der Waals surface area contributed by atoms with E-state index < -0.39 is 0 Å². The first-order chi connectivity index (χ1) is 9.70. The van der Waals surface area contributed by atoms with Gasteiger partial charge < -0.3 is 14.6 Å². The molecule has 4 nitrogen and oxygen atoms in total. The Morgan fingerprint density at radius 1 is 1.50 bits per heavy atom. The van der Waals surface area contributed by atoms with Crippen LogP contribution in [0.15, 0.2) is 23.0 Å². The van der Waals surface area contributed by atoms with E-state index in [1.165, 1.54) is 5.56 Å². The van der Waals surface area contributed by atoms with E-state index in [2.05, 4.69) is 44.8 Å². The minimum atomic E-state index is 0.272. The fourth-order valence-electron chi connectivity index (χ4n) is 2.11. The average molecular weight is 293 g/mol. The topological polar surface area (TPSA) is 39.1 Å². The molecule has 0 aliphatic carbocycles. The maximum absolute atomic E-state index is 5.39. The summed E-state index contributed by atoms with van der Waals surface area (Å²) in [5, 5.41) is 7.77. The second-order valence-electron chi connectivity index (χ2n) is 4.87. The maximum Gasteiger partial charge on any atom is 0.203 e. The van der Waals surface area contributed by atoms with E-state index in [9.17, 15) is 0 Å². The Kier molecular flexibility index (Phi) is 5.61. The van der Waals surface area contributed by atoms with Gasteiger partial charge in [0.1, 0.15) is 0 Å². The highest BCUT2D eigenvalue weighted by molar-refractivity contribution is 7.07. The molecule has 2 aromatic heterocycles. The molecule has 1 atom stereocenters. The predicted octanol–water partition coefficient (Wildman–Crippen LogP) is 3.85. The highest BCUT2D eigenvalue weighted by Gasteiger charge is 2.10. The Morgan fingerprint density at radius 2 is 2.35 bits per heavy atom. The minimum Gasteiger partial charge on any atom is -0.382 e.